The van der Waals surface area contributed by atoms with Crippen LogP contribution >= 0.6 is 0 Å². The second-order valence-electron chi connectivity index (χ2n) is 7.51. The summed E-state index contributed by atoms with van der Waals surface area (Å²) in [6.45, 7) is 3.59. The van der Waals surface area contributed by atoms with Crippen molar-refractivity contribution >= 4 is 0 Å². The first-order valence-corrected chi connectivity index (χ1v) is 9.46. The van der Waals surface area contributed by atoms with Crippen molar-refractivity contribution in [2.45, 2.75) is 25.4 Å². The number of alkyl halides is 3. The van der Waals surface area contributed by atoms with Crippen molar-refractivity contribution in [1.82, 2.24) is 24.5 Å². The second kappa shape index (κ2) is 7.77. The van der Waals surface area contributed by atoms with Crippen molar-refractivity contribution in [3.8, 4) is 17.1 Å². The summed E-state index contributed by atoms with van der Waals surface area (Å²) in [5, 5.41) is 0. The first kappa shape index (κ1) is 21.5. The van der Waals surface area contributed by atoms with Crippen LogP contribution in [0.15, 0.2) is 60.9 Å². The highest BCUT2D eigenvalue weighted by atomic mass is 19.4. The van der Waals surface area contributed by atoms with E-state index in [0.29, 0.717) is 11.4 Å². The van der Waals surface area contributed by atoms with Crippen molar-refractivity contribution < 1.29 is 22.0 Å². The molecule has 0 fully saturated rings. The lowest BCUT2D eigenvalue weighted by molar-refractivity contribution is -0.146. The number of aromatic nitrogens is 5. The molecule has 0 unspecified atom stereocenters. The Morgan fingerprint density at radius 1 is 0.812 bits per heavy atom. The van der Waals surface area contributed by atoms with E-state index in [-0.39, 0.29) is 17.1 Å². The molecule has 0 aliphatic rings. The van der Waals surface area contributed by atoms with Crippen LogP contribution in [-0.2, 0) is 11.6 Å². The molecule has 0 aliphatic carbocycles. The van der Waals surface area contributed by atoms with Crippen LogP contribution < -0.4 is 0 Å². The molecule has 0 saturated carbocycles. The summed E-state index contributed by atoms with van der Waals surface area (Å²) in [6.07, 6.45) is -2.40. The van der Waals surface area contributed by atoms with E-state index in [9.17, 15) is 22.0 Å². The Bertz CT molecular complexity index is 1280. The number of rotatable bonds is 4. The van der Waals surface area contributed by atoms with Crippen LogP contribution in [0.25, 0.3) is 17.1 Å². The maximum Gasteiger partial charge on any atom is 0.450 e. The van der Waals surface area contributed by atoms with Crippen molar-refractivity contribution in [2.75, 3.05) is 0 Å². The molecule has 10 heteroatoms. The van der Waals surface area contributed by atoms with E-state index in [4.69, 9.17) is 0 Å². The molecule has 0 radical (unpaired) electrons. The average Bonchev–Trinajstić information content (AvgIpc) is 3.25. The predicted octanol–water partition coefficient (Wildman–Crippen LogP) is 5.35. The van der Waals surface area contributed by atoms with Crippen LogP contribution in [0.2, 0.25) is 0 Å². The Kier molecular flexibility index (Phi) is 5.23. The monoisotopic (exact) mass is 445 g/mol. The van der Waals surface area contributed by atoms with Gasteiger partial charge in [0.15, 0.2) is 0 Å². The maximum absolute atomic E-state index is 14.1. The molecule has 0 bridgehead atoms. The largest absolute Gasteiger partial charge is 0.450 e. The van der Waals surface area contributed by atoms with E-state index in [2.05, 4.69) is 19.9 Å². The lowest BCUT2D eigenvalue weighted by Gasteiger charge is -2.25. The molecule has 0 aromatic carbocycles. The van der Waals surface area contributed by atoms with Crippen LogP contribution in [0.3, 0.4) is 0 Å². The third kappa shape index (κ3) is 3.95. The molecule has 0 spiro atoms. The van der Waals surface area contributed by atoms with Gasteiger partial charge in [0.1, 0.15) is 5.82 Å². The van der Waals surface area contributed by atoms with E-state index >= 15 is 0 Å². The SMILES string of the molecule is CC(C)(c1cccc(-c2ccc(F)nc2F)n1)c1cccc(-n2ccnc2C(F)(F)F)n1. The molecule has 0 saturated heterocycles. The molecule has 0 atom stereocenters. The summed E-state index contributed by atoms with van der Waals surface area (Å²) in [6, 6.07) is 11.9. The van der Waals surface area contributed by atoms with Gasteiger partial charge in [-0.15, -0.1) is 0 Å². The van der Waals surface area contributed by atoms with E-state index in [1.165, 1.54) is 18.3 Å². The van der Waals surface area contributed by atoms with E-state index in [1.807, 2.05) is 0 Å². The van der Waals surface area contributed by atoms with Gasteiger partial charge < -0.3 is 0 Å². The molecule has 4 rings (SSSR count). The van der Waals surface area contributed by atoms with Crippen molar-refractivity contribution in [3.63, 3.8) is 0 Å². The highest BCUT2D eigenvalue weighted by Crippen LogP contribution is 2.33. The van der Waals surface area contributed by atoms with Crippen LogP contribution in [0.5, 0.6) is 0 Å². The van der Waals surface area contributed by atoms with Crippen LogP contribution in [0, 0.1) is 11.9 Å². The van der Waals surface area contributed by atoms with Crippen LogP contribution in [0.1, 0.15) is 31.1 Å². The standard InChI is InChI=1S/C22H16F5N5/c1-21(2,15-6-3-5-14(29-15)13-9-10-17(23)31-19(13)24)16-7-4-8-18(30-16)32-12-11-28-20(32)22(25,26)27/h3-12H,1-2H3. The Balaban J connectivity index is 1.75. The number of imidazole rings is 1. The Labute approximate surface area is 179 Å². The summed E-state index contributed by atoms with van der Waals surface area (Å²) in [4.78, 5) is 15.5. The fraction of sp³-hybridized carbons (Fsp3) is 0.182. The zero-order valence-electron chi connectivity index (χ0n) is 16.9. The first-order chi connectivity index (χ1) is 15.1. The Morgan fingerprint density at radius 3 is 2.19 bits per heavy atom. The second-order valence-corrected chi connectivity index (χ2v) is 7.51. The number of pyridine rings is 3. The lowest BCUT2D eigenvalue weighted by atomic mass is 9.84. The van der Waals surface area contributed by atoms with Crippen LogP contribution in [-0.4, -0.2) is 24.5 Å². The molecular weight excluding hydrogens is 429 g/mol. The highest BCUT2D eigenvalue weighted by Gasteiger charge is 2.37. The smallest absolute Gasteiger partial charge is 0.280 e. The van der Waals surface area contributed by atoms with Crippen molar-refractivity contribution in [1.29, 1.82) is 0 Å². The minimum absolute atomic E-state index is 0.0268. The van der Waals surface area contributed by atoms with Crippen LogP contribution in [0.4, 0.5) is 22.0 Å². The molecule has 0 N–H and O–H groups in total. The number of halogens is 5. The molecule has 0 amide bonds. The molecule has 4 heterocycles. The summed E-state index contributed by atoms with van der Waals surface area (Å²) >= 11 is 0. The number of nitrogens with zero attached hydrogens (tertiary/aromatic N) is 5. The fourth-order valence-corrected chi connectivity index (χ4v) is 3.27. The minimum Gasteiger partial charge on any atom is -0.280 e. The molecule has 4 aromatic rings. The highest BCUT2D eigenvalue weighted by molar-refractivity contribution is 5.59. The van der Waals surface area contributed by atoms with Gasteiger partial charge in [0.05, 0.1) is 22.6 Å². The van der Waals surface area contributed by atoms with Gasteiger partial charge in [-0.2, -0.15) is 26.9 Å². The van der Waals surface area contributed by atoms with E-state index in [1.54, 1.807) is 44.2 Å². The third-order valence-electron chi connectivity index (χ3n) is 5.00. The topological polar surface area (TPSA) is 56.5 Å². The van der Waals surface area contributed by atoms with E-state index in [0.717, 1.165) is 16.8 Å². The van der Waals surface area contributed by atoms with Gasteiger partial charge in [0.25, 0.3) is 0 Å². The number of hydrogen-bond acceptors (Lipinski definition) is 4. The Hall–Kier alpha value is -3.69. The minimum atomic E-state index is -4.64. The van der Waals surface area contributed by atoms with Gasteiger partial charge >= 0.3 is 6.18 Å². The molecular formula is C22H16F5N5. The molecule has 4 aromatic heterocycles. The van der Waals surface area contributed by atoms with Crippen molar-refractivity contribution in [2.24, 2.45) is 0 Å². The van der Waals surface area contributed by atoms with Crippen molar-refractivity contribution in [3.05, 3.63) is 90.0 Å². The summed E-state index contributed by atoms with van der Waals surface area (Å²) in [5.41, 5.74) is 0.350. The molecule has 164 valence electrons. The van der Waals surface area contributed by atoms with Gasteiger partial charge in [-0.25, -0.2) is 9.97 Å². The Morgan fingerprint density at radius 2 is 1.50 bits per heavy atom. The normalized spacial score (nSPS) is 12.2. The zero-order valence-corrected chi connectivity index (χ0v) is 16.9. The summed E-state index contributed by atoms with van der Waals surface area (Å²) in [5.74, 6) is -2.97. The van der Waals surface area contributed by atoms with E-state index < -0.39 is 29.3 Å². The third-order valence-corrected chi connectivity index (χ3v) is 5.00. The fourth-order valence-electron chi connectivity index (χ4n) is 3.27. The van der Waals surface area contributed by atoms with Gasteiger partial charge in [0.2, 0.25) is 17.7 Å². The summed E-state index contributed by atoms with van der Waals surface area (Å²) in [7, 11) is 0. The van der Waals surface area contributed by atoms with Gasteiger partial charge in [0, 0.05) is 17.8 Å². The zero-order chi connectivity index (χ0) is 23.1. The van der Waals surface area contributed by atoms with Gasteiger partial charge in [-0.1, -0.05) is 12.1 Å². The number of hydrogen-bond donors (Lipinski definition) is 0. The molecule has 0 aliphatic heterocycles. The molecule has 32 heavy (non-hydrogen) atoms. The quantitative estimate of drug-likeness (QED) is 0.314. The summed E-state index contributed by atoms with van der Waals surface area (Å²) < 4.78 is 67.9. The van der Waals surface area contributed by atoms with Gasteiger partial charge in [-0.05, 0) is 50.2 Å². The predicted molar refractivity (Wildman–Crippen MR) is 106 cm³/mol. The lowest BCUT2D eigenvalue weighted by Crippen LogP contribution is -2.23. The first-order valence-electron chi connectivity index (χ1n) is 9.46. The maximum atomic E-state index is 14.1. The molecule has 5 nitrogen and oxygen atoms in total. The van der Waals surface area contributed by atoms with Gasteiger partial charge in [-0.3, -0.25) is 9.55 Å². The average molecular weight is 445 g/mol.